The number of thiazole rings is 1. The van der Waals surface area contributed by atoms with Crippen molar-refractivity contribution in [1.82, 2.24) is 9.38 Å². The molecule has 0 aliphatic heterocycles. The number of nitrogens with zero attached hydrogens (tertiary/aromatic N) is 2. The highest BCUT2D eigenvalue weighted by molar-refractivity contribution is 9.10. The number of rotatable bonds is 3. The molecular formula is C13H10BrF2N3S. The Kier molecular flexibility index (Phi) is 3.47. The third-order valence-electron chi connectivity index (χ3n) is 3.00. The van der Waals surface area contributed by atoms with Gasteiger partial charge >= 0.3 is 0 Å². The molecule has 0 atom stereocenters. The Hall–Kier alpha value is -1.47. The van der Waals surface area contributed by atoms with E-state index < -0.39 is 11.6 Å². The van der Waals surface area contributed by atoms with E-state index in [1.54, 1.807) is 0 Å². The third-order valence-corrected chi connectivity index (χ3v) is 4.22. The van der Waals surface area contributed by atoms with Gasteiger partial charge < -0.3 is 5.32 Å². The van der Waals surface area contributed by atoms with Crippen LogP contribution in [0.4, 0.5) is 14.5 Å². The summed E-state index contributed by atoms with van der Waals surface area (Å²) in [6, 6.07) is 2.46. The molecule has 0 aliphatic rings. The number of hydrogen-bond acceptors (Lipinski definition) is 3. The van der Waals surface area contributed by atoms with Gasteiger partial charge in [0, 0.05) is 16.0 Å². The highest BCUT2D eigenvalue weighted by Gasteiger charge is 2.13. The number of fused-ring (bicyclic) bond motifs is 1. The first-order valence-electron chi connectivity index (χ1n) is 5.85. The molecule has 2 heterocycles. The molecule has 0 bridgehead atoms. The molecular weight excluding hydrogens is 348 g/mol. The predicted molar refractivity (Wildman–Crippen MR) is 79.2 cm³/mol. The normalized spacial score (nSPS) is 11.2. The van der Waals surface area contributed by atoms with Gasteiger partial charge in [-0.05, 0) is 19.1 Å². The average molecular weight is 358 g/mol. The fraction of sp³-hybridized carbons (Fsp3) is 0.154. The van der Waals surface area contributed by atoms with Gasteiger partial charge in [-0.1, -0.05) is 15.9 Å². The van der Waals surface area contributed by atoms with Crippen molar-refractivity contribution in [2.75, 3.05) is 5.32 Å². The third kappa shape index (κ3) is 2.31. The van der Waals surface area contributed by atoms with E-state index in [1.807, 2.05) is 22.9 Å². The van der Waals surface area contributed by atoms with Crippen LogP contribution in [-0.4, -0.2) is 9.38 Å². The smallest absolute Gasteiger partial charge is 0.194 e. The topological polar surface area (TPSA) is 29.3 Å². The Morgan fingerprint density at radius 2 is 2.05 bits per heavy atom. The van der Waals surface area contributed by atoms with Gasteiger partial charge in [0.2, 0.25) is 0 Å². The van der Waals surface area contributed by atoms with Gasteiger partial charge in [-0.2, -0.15) is 0 Å². The second-order valence-corrected chi connectivity index (χ2v) is 6.09. The molecule has 0 radical (unpaired) electrons. The standard InChI is InChI=1S/C13H10BrF2N3S/c1-7-11(19-2-3-20-13(19)18-7)6-17-12-9(15)4-8(14)5-10(12)16/h2-5,17H,6H2,1H3. The van der Waals surface area contributed by atoms with Crippen LogP contribution in [0.3, 0.4) is 0 Å². The van der Waals surface area contributed by atoms with Crippen molar-refractivity contribution in [3.05, 3.63) is 51.2 Å². The summed E-state index contributed by atoms with van der Waals surface area (Å²) in [4.78, 5) is 5.26. The van der Waals surface area contributed by atoms with Gasteiger partial charge in [0.25, 0.3) is 0 Å². The lowest BCUT2D eigenvalue weighted by atomic mass is 10.2. The molecule has 3 aromatic rings. The zero-order valence-electron chi connectivity index (χ0n) is 10.5. The van der Waals surface area contributed by atoms with E-state index in [2.05, 4.69) is 26.2 Å². The predicted octanol–water partition coefficient (Wildman–Crippen LogP) is 4.36. The van der Waals surface area contributed by atoms with Crippen LogP contribution >= 0.6 is 27.3 Å². The summed E-state index contributed by atoms with van der Waals surface area (Å²) in [5, 5.41) is 4.73. The second-order valence-electron chi connectivity index (χ2n) is 4.30. The maximum atomic E-state index is 13.7. The first kappa shape index (κ1) is 13.5. The number of aromatic nitrogens is 2. The molecule has 3 rings (SSSR count). The molecule has 0 spiro atoms. The fourth-order valence-electron chi connectivity index (χ4n) is 2.04. The molecule has 3 nitrogen and oxygen atoms in total. The summed E-state index contributed by atoms with van der Waals surface area (Å²) in [6.07, 6.45) is 1.89. The van der Waals surface area contributed by atoms with Gasteiger partial charge in [0.1, 0.15) is 17.3 Å². The van der Waals surface area contributed by atoms with Crippen molar-refractivity contribution in [3.63, 3.8) is 0 Å². The van der Waals surface area contributed by atoms with E-state index in [-0.39, 0.29) is 5.69 Å². The van der Waals surface area contributed by atoms with Crippen molar-refractivity contribution in [2.45, 2.75) is 13.5 Å². The largest absolute Gasteiger partial charge is 0.375 e. The average Bonchev–Trinajstić information content (AvgIpc) is 2.90. The Morgan fingerprint density at radius 1 is 1.35 bits per heavy atom. The molecule has 0 saturated heterocycles. The van der Waals surface area contributed by atoms with Gasteiger partial charge in [-0.3, -0.25) is 4.40 Å². The Balaban J connectivity index is 1.90. The molecule has 0 fully saturated rings. The molecule has 2 aromatic heterocycles. The number of benzene rings is 1. The minimum atomic E-state index is -0.624. The van der Waals surface area contributed by atoms with Gasteiger partial charge in [-0.15, -0.1) is 11.3 Å². The number of imidazole rings is 1. The maximum absolute atomic E-state index is 13.7. The lowest BCUT2D eigenvalue weighted by Gasteiger charge is -2.09. The summed E-state index contributed by atoms with van der Waals surface area (Å²) >= 11 is 4.58. The molecule has 0 aliphatic carbocycles. The molecule has 20 heavy (non-hydrogen) atoms. The zero-order chi connectivity index (χ0) is 14.3. The van der Waals surface area contributed by atoms with Crippen LogP contribution in [0.5, 0.6) is 0 Å². The zero-order valence-corrected chi connectivity index (χ0v) is 12.9. The van der Waals surface area contributed by atoms with Crippen LogP contribution in [0.25, 0.3) is 4.96 Å². The van der Waals surface area contributed by atoms with Crippen LogP contribution in [0.2, 0.25) is 0 Å². The monoisotopic (exact) mass is 357 g/mol. The van der Waals surface area contributed by atoms with Gasteiger partial charge in [-0.25, -0.2) is 13.8 Å². The van der Waals surface area contributed by atoms with Crippen molar-refractivity contribution >= 4 is 37.9 Å². The van der Waals surface area contributed by atoms with E-state index in [1.165, 1.54) is 23.5 Å². The lowest BCUT2D eigenvalue weighted by molar-refractivity contribution is 0.586. The first-order chi connectivity index (χ1) is 9.56. The minimum absolute atomic E-state index is 0.127. The van der Waals surface area contributed by atoms with Crippen molar-refractivity contribution in [1.29, 1.82) is 0 Å². The van der Waals surface area contributed by atoms with E-state index in [9.17, 15) is 8.78 Å². The minimum Gasteiger partial charge on any atom is -0.375 e. The van der Waals surface area contributed by atoms with Crippen LogP contribution in [0.15, 0.2) is 28.2 Å². The molecule has 0 unspecified atom stereocenters. The number of aryl methyl sites for hydroxylation is 1. The summed E-state index contributed by atoms with van der Waals surface area (Å²) in [7, 11) is 0. The highest BCUT2D eigenvalue weighted by atomic mass is 79.9. The van der Waals surface area contributed by atoms with Crippen LogP contribution in [0, 0.1) is 18.6 Å². The van der Waals surface area contributed by atoms with Crippen LogP contribution in [0.1, 0.15) is 11.4 Å². The summed E-state index contributed by atoms with van der Waals surface area (Å²) < 4.78 is 29.8. The van der Waals surface area contributed by atoms with Gasteiger partial charge in [0.15, 0.2) is 4.96 Å². The molecule has 0 amide bonds. The molecule has 0 saturated carbocycles. The number of anilines is 1. The van der Waals surface area contributed by atoms with Crippen molar-refractivity contribution in [2.24, 2.45) is 0 Å². The first-order valence-corrected chi connectivity index (χ1v) is 7.53. The molecule has 104 valence electrons. The number of halogens is 3. The molecule has 7 heteroatoms. The summed E-state index contributed by atoms with van der Waals surface area (Å²) in [5.74, 6) is -1.25. The highest BCUT2D eigenvalue weighted by Crippen LogP contribution is 2.25. The van der Waals surface area contributed by atoms with Crippen LogP contribution in [-0.2, 0) is 6.54 Å². The quantitative estimate of drug-likeness (QED) is 0.754. The Bertz CT molecular complexity index is 758. The summed E-state index contributed by atoms with van der Waals surface area (Å²) in [6.45, 7) is 2.18. The van der Waals surface area contributed by atoms with Gasteiger partial charge in [0.05, 0.1) is 17.9 Å². The SMILES string of the molecule is Cc1nc2sccn2c1CNc1c(F)cc(Br)cc1F. The van der Waals surface area contributed by atoms with Crippen LogP contribution < -0.4 is 5.32 Å². The lowest BCUT2D eigenvalue weighted by Crippen LogP contribution is -2.06. The Morgan fingerprint density at radius 3 is 2.75 bits per heavy atom. The maximum Gasteiger partial charge on any atom is 0.194 e. The van der Waals surface area contributed by atoms with Crippen molar-refractivity contribution in [3.8, 4) is 0 Å². The summed E-state index contributed by atoms with van der Waals surface area (Å²) in [5.41, 5.74) is 1.61. The van der Waals surface area contributed by atoms with Crippen molar-refractivity contribution < 1.29 is 8.78 Å². The Labute approximate surface area is 126 Å². The second kappa shape index (κ2) is 5.14. The van der Waals surface area contributed by atoms with E-state index in [0.29, 0.717) is 11.0 Å². The molecule has 1 aromatic carbocycles. The van der Waals surface area contributed by atoms with E-state index in [4.69, 9.17) is 0 Å². The van der Waals surface area contributed by atoms with E-state index in [0.717, 1.165) is 16.3 Å². The fourth-order valence-corrected chi connectivity index (χ4v) is 3.22. The van der Waals surface area contributed by atoms with E-state index >= 15 is 0 Å². The number of nitrogens with one attached hydrogen (secondary N) is 1. The number of hydrogen-bond donors (Lipinski definition) is 1. The molecule has 1 N–H and O–H groups in total.